The van der Waals surface area contributed by atoms with Crippen LogP contribution in [0.5, 0.6) is 0 Å². The molecule has 1 aliphatic heterocycles. The Balaban J connectivity index is 2.16. The largest absolute Gasteiger partial charge is 0.295 e. The molecule has 1 aliphatic carbocycles. The van der Waals surface area contributed by atoms with E-state index in [2.05, 4.69) is 15.5 Å². The van der Waals surface area contributed by atoms with Crippen molar-refractivity contribution in [3.8, 4) is 0 Å². The number of aromatic nitrogens is 4. The minimum atomic E-state index is -0.0114. The number of fused-ring (bicyclic) bond motifs is 3. The van der Waals surface area contributed by atoms with E-state index in [1.165, 1.54) is 0 Å². The van der Waals surface area contributed by atoms with Crippen molar-refractivity contribution in [2.75, 3.05) is 0 Å². The van der Waals surface area contributed by atoms with Gasteiger partial charge in [0.1, 0.15) is 0 Å². The van der Waals surface area contributed by atoms with Crippen molar-refractivity contribution in [2.45, 2.75) is 12.5 Å². The van der Waals surface area contributed by atoms with E-state index in [0.717, 1.165) is 5.57 Å². The second-order valence-electron chi connectivity index (χ2n) is 3.53. The molecule has 0 N–H and O–H groups in total. The smallest absolute Gasteiger partial charge is 0.175 e. The molecule has 0 radical (unpaired) electrons. The van der Waals surface area contributed by atoms with Crippen molar-refractivity contribution in [1.82, 2.24) is 20.2 Å². The van der Waals surface area contributed by atoms with E-state index < -0.39 is 0 Å². The Morgan fingerprint density at radius 2 is 2.33 bits per heavy atom. The standard InChI is InChI=1S/C10H8N4O/c15-8-4-5-9-7(6-8)2-1-3-10-11-12-13-14(9)10/h1-5,9H,6H2. The fourth-order valence-corrected chi connectivity index (χ4v) is 1.85. The van der Waals surface area contributed by atoms with E-state index in [1.54, 1.807) is 10.8 Å². The molecule has 0 spiro atoms. The van der Waals surface area contributed by atoms with Gasteiger partial charge in [0, 0.05) is 6.42 Å². The molecule has 5 heteroatoms. The first-order chi connectivity index (χ1) is 7.34. The van der Waals surface area contributed by atoms with Crippen LogP contribution >= 0.6 is 0 Å². The van der Waals surface area contributed by atoms with E-state index in [0.29, 0.717) is 12.2 Å². The van der Waals surface area contributed by atoms with E-state index in [-0.39, 0.29) is 11.8 Å². The third-order valence-electron chi connectivity index (χ3n) is 2.56. The highest BCUT2D eigenvalue weighted by Gasteiger charge is 2.24. The van der Waals surface area contributed by atoms with E-state index in [1.807, 2.05) is 24.3 Å². The van der Waals surface area contributed by atoms with Gasteiger partial charge in [-0.3, -0.25) is 4.79 Å². The Morgan fingerprint density at radius 3 is 3.27 bits per heavy atom. The fraction of sp³-hybridized carbons (Fsp3) is 0.200. The summed E-state index contributed by atoms with van der Waals surface area (Å²) in [6.07, 6.45) is 9.55. The summed E-state index contributed by atoms with van der Waals surface area (Å²) < 4.78 is 1.72. The zero-order valence-electron chi connectivity index (χ0n) is 7.87. The molecule has 0 bridgehead atoms. The average molecular weight is 200 g/mol. The van der Waals surface area contributed by atoms with E-state index in [9.17, 15) is 4.79 Å². The molecule has 0 saturated heterocycles. The molecule has 0 fully saturated rings. The first kappa shape index (κ1) is 8.28. The molecule has 3 rings (SSSR count). The lowest BCUT2D eigenvalue weighted by Crippen LogP contribution is -2.17. The zero-order chi connectivity index (χ0) is 10.3. The molecule has 0 saturated carbocycles. The lowest BCUT2D eigenvalue weighted by Gasteiger charge is -2.18. The Morgan fingerprint density at radius 1 is 1.40 bits per heavy atom. The SMILES string of the molecule is O=C1C=CC2C(=CC=Cc3nnnn32)C1. The number of carbonyl (C=O) groups excluding carboxylic acids is 1. The van der Waals surface area contributed by atoms with Crippen LogP contribution in [0.3, 0.4) is 0 Å². The molecule has 1 unspecified atom stereocenters. The van der Waals surface area contributed by atoms with Crippen LogP contribution in [-0.4, -0.2) is 26.0 Å². The first-order valence-electron chi connectivity index (χ1n) is 4.70. The Hall–Kier alpha value is -2.04. The molecular weight excluding hydrogens is 192 g/mol. The number of carbonyl (C=O) groups is 1. The molecule has 0 aromatic carbocycles. The van der Waals surface area contributed by atoms with Gasteiger partial charge in [0.05, 0.1) is 6.04 Å². The molecule has 5 nitrogen and oxygen atoms in total. The fourth-order valence-electron chi connectivity index (χ4n) is 1.85. The summed E-state index contributed by atoms with van der Waals surface area (Å²) in [6.45, 7) is 0. The van der Waals surface area contributed by atoms with Crippen LogP contribution in [0.2, 0.25) is 0 Å². The maximum absolute atomic E-state index is 11.3. The van der Waals surface area contributed by atoms with E-state index in [4.69, 9.17) is 0 Å². The quantitative estimate of drug-likeness (QED) is 0.618. The van der Waals surface area contributed by atoms with Crippen LogP contribution in [0.4, 0.5) is 0 Å². The van der Waals surface area contributed by atoms with Gasteiger partial charge in [0.15, 0.2) is 11.6 Å². The van der Waals surface area contributed by atoms with Crippen LogP contribution in [-0.2, 0) is 4.79 Å². The van der Waals surface area contributed by atoms with Gasteiger partial charge in [-0.1, -0.05) is 18.2 Å². The summed E-state index contributed by atoms with van der Waals surface area (Å²) in [5.41, 5.74) is 1.03. The van der Waals surface area contributed by atoms with Crippen molar-refractivity contribution in [3.63, 3.8) is 0 Å². The number of rotatable bonds is 0. The second kappa shape index (κ2) is 2.98. The van der Waals surface area contributed by atoms with Crippen LogP contribution in [0, 0.1) is 0 Å². The molecular formula is C10H8N4O. The second-order valence-corrected chi connectivity index (χ2v) is 3.53. The predicted octanol–water partition coefficient (Wildman–Crippen LogP) is 0.696. The van der Waals surface area contributed by atoms with Gasteiger partial charge in [-0.15, -0.1) is 5.10 Å². The minimum absolute atomic E-state index is 0.0114. The average Bonchev–Trinajstić information content (AvgIpc) is 2.61. The van der Waals surface area contributed by atoms with Crippen LogP contribution in [0.15, 0.2) is 29.9 Å². The Kier molecular flexibility index (Phi) is 1.65. The Labute approximate surface area is 85.8 Å². The van der Waals surface area contributed by atoms with Gasteiger partial charge in [0.2, 0.25) is 0 Å². The minimum Gasteiger partial charge on any atom is -0.295 e. The van der Waals surface area contributed by atoms with Crippen molar-refractivity contribution in [1.29, 1.82) is 0 Å². The first-order valence-corrected chi connectivity index (χ1v) is 4.70. The summed E-state index contributed by atoms with van der Waals surface area (Å²) in [5, 5.41) is 11.4. The summed E-state index contributed by atoms with van der Waals surface area (Å²) in [6, 6.07) is -0.0114. The topological polar surface area (TPSA) is 60.7 Å². The van der Waals surface area contributed by atoms with Crippen molar-refractivity contribution in [3.05, 3.63) is 35.7 Å². The molecule has 74 valence electrons. The number of nitrogens with zero attached hydrogens (tertiary/aromatic N) is 4. The van der Waals surface area contributed by atoms with Gasteiger partial charge in [-0.2, -0.15) is 0 Å². The van der Waals surface area contributed by atoms with Crippen LogP contribution in [0.1, 0.15) is 18.3 Å². The highest BCUT2D eigenvalue weighted by Crippen LogP contribution is 2.28. The number of tetrazole rings is 1. The van der Waals surface area contributed by atoms with Gasteiger partial charge < -0.3 is 0 Å². The number of hydrogen-bond acceptors (Lipinski definition) is 4. The number of ketones is 1. The zero-order valence-corrected chi connectivity index (χ0v) is 7.87. The highest BCUT2D eigenvalue weighted by atomic mass is 16.1. The molecule has 1 atom stereocenters. The van der Waals surface area contributed by atoms with E-state index >= 15 is 0 Å². The van der Waals surface area contributed by atoms with Crippen molar-refractivity contribution in [2.24, 2.45) is 0 Å². The van der Waals surface area contributed by atoms with Crippen LogP contribution in [0.25, 0.3) is 6.08 Å². The maximum atomic E-state index is 11.3. The van der Waals surface area contributed by atoms with Gasteiger partial charge in [-0.05, 0) is 28.2 Å². The lowest BCUT2D eigenvalue weighted by molar-refractivity contribution is -0.114. The summed E-state index contributed by atoms with van der Waals surface area (Å²) >= 11 is 0. The highest BCUT2D eigenvalue weighted by molar-refractivity contribution is 5.93. The normalized spacial score (nSPS) is 23.1. The summed E-state index contributed by atoms with van der Waals surface area (Å²) in [7, 11) is 0. The lowest BCUT2D eigenvalue weighted by atomic mass is 9.95. The molecule has 1 aromatic heterocycles. The molecule has 15 heavy (non-hydrogen) atoms. The summed E-state index contributed by atoms with van der Waals surface area (Å²) in [5.74, 6) is 0.840. The van der Waals surface area contributed by atoms with Gasteiger partial charge in [0.25, 0.3) is 0 Å². The van der Waals surface area contributed by atoms with Gasteiger partial charge in [-0.25, -0.2) is 4.68 Å². The maximum Gasteiger partial charge on any atom is 0.175 e. The van der Waals surface area contributed by atoms with Crippen molar-refractivity contribution < 1.29 is 4.79 Å². The third kappa shape index (κ3) is 1.24. The monoisotopic (exact) mass is 200 g/mol. The summed E-state index contributed by atoms with van der Waals surface area (Å²) in [4.78, 5) is 11.3. The van der Waals surface area contributed by atoms with Crippen LogP contribution < -0.4 is 0 Å². The number of allylic oxidation sites excluding steroid dienone is 5. The number of hydrogen-bond donors (Lipinski definition) is 0. The third-order valence-corrected chi connectivity index (χ3v) is 2.56. The molecule has 2 heterocycles. The predicted molar refractivity (Wildman–Crippen MR) is 52.7 cm³/mol. The molecule has 0 amide bonds. The molecule has 2 aliphatic rings. The van der Waals surface area contributed by atoms with Gasteiger partial charge >= 0.3 is 0 Å². The van der Waals surface area contributed by atoms with Crippen molar-refractivity contribution >= 4 is 11.9 Å². The molecule has 1 aromatic rings. The Bertz CT molecular complexity index is 509.